The van der Waals surface area contributed by atoms with Gasteiger partial charge in [-0.25, -0.2) is 0 Å². The number of carboxylic acids is 1. The third-order valence-electron chi connectivity index (χ3n) is 5.16. The van der Waals surface area contributed by atoms with Crippen LogP contribution < -0.4 is 5.73 Å². The van der Waals surface area contributed by atoms with Gasteiger partial charge in [0, 0.05) is 5.69 Å². The number of aliphatic carboxylic acids is 1. The molecule has 2 rings (SSSR count). The van der Waals surface area contributed by atoms with Gasteiger partial charge in [0.05, 0.1) is 5.92 Å². The Labute approximate surface area is 127 Å². The largest absolute Gasteiger partial charge is 0.481 e. The lowest BCUT2D eigenvalue weighted by Gasteiger charge is -2.42. The van der Waals surface area contributed by atoms with Crippen LogP contribution in [-0.2, 0) is 4.79 Å². The summed E-state index contributed by atoms with van der Waals surface area (Å²) in [5.41, 5.74) is 9.78. The van der Waals surface area contributed by atoms with Crippen molar-refractivity contribution in [3.05, 3.63) is 28.8 Å². The number of hydrogen-bond donors (Lipinski definition) is 2. The molecule has 3 heteroatoms. The van der Waals surface area contributed by atoms with Crippen LogP contribution in [0.4, 0.5) is 5.69 Å². The number of carboxylic acid groups (broad SMARTS) is 1. The van der Waals surface area contributed by atoms with Crippen molar-refractivity contribution in [3.8, 4) is 0 Å². The van der Waals surface area contributed by atoms with Crippen LogP contribution in [0.2, 0.25) is 0 Å². The normalized spacial score (nSPS) is 22.8. The van der Waals surface area contributed by atoms with Crippen molar-refractivity contribution >= 4 is 11.7 Å². The summed E-state index contributed by atoms with van der Waals surface area (Å²) < 4.78 is 0. The Morgan fingerprint density at radius 2 is 2.00 bits per heavy atom. The van der Waals surface area contributed by atoms with Gasteiger partial charge in [-0.05, 0) is 49.1 Å². The summed E-state index contributed by atoms with van der Waals surface area (Å²) in [5, 5.41) is 9.86. The van der Waals surface area contributed by atoms with Crippen LogP contribution >= 0.6 is 0 Å². The standard InChI is InChI=1S/C18H27NO2/c1-11-9-12(2)16(19)13(10-11)15(17(20)21)14-7-5-6-8-18(14,3)4/h9-10,14-15H,5-8,19H2,1-4H3,(H,20,21). The first-order valence-corrected chi connectivity index (χ1v) is 7.83. The average molecular weight is 289 g/mol. The summed E-state index contributed by atoms with van der Waals surface area (Å²) >= 11 is 0. The van der Waals surface area contributed by atoms with Crippen LogP contribution in [0.5, 0.6) is 0 Å². The van der Waals surface area contributed by atoms with E-state index in [0.29, 0.717) is 5.69 Å². The minimum atomic E-state index is -0.744. The maximum Gasteiger partial charge on any atom is 0.311 e. The second-order valence-electron chi connectivity index (χ2n) is 7.24. The van der Waals surface area contributed by atoms with E-state index in [1.807, 2.05) is 26.0 Å². The molecule has 1 saturated carbocycles. The van der Waals surface area contributed by atoms with Crippen molar-refractivity contribution in [1.82, 2.24) is 0 Å². The monoisotopic (exact) mass is 289 g/mol. The van der Waals surface area contributed by atoms with Gasteiger partial charge in [-0.2, -0.15) is 0 Å². The third kappa shape index (κ3) is 3.07. The maximum absolute atomic E-state index is 12.0. The van der Waals surface area contributed by atoms with Crippen molar-refractivity contribution in [3.63, 3.8) is 0 Å². The van der Waals surface area contributed by atoms with E-state index in [4.69, 9.17) is 5.73 Å². The molecular weight excluding hydrogens is 262 g/mol. The lowest BCUT2D eigenvalue weighted by molar-refractivity contribution is -0.142. The fourth-order valence-electron chi connectivity index (χ4n) is 3.93. The molecule has 21 heavy (non-hydrogen) atoms. The molecule has 116 valence electrons. The number of rotatable bonds is 3. The summed E-state index contributed by atoms with van der Waals surface area (Å²) in [6, 6.07) is 3.98. The zero-order chi connectivity index (χ0) is 15.8. The number of hydrogen-bond acceptors (Lipinski definition) is 2. The molecule has 1 aliphatic carbocycles. The molecule has 1 aromatic rings. The van der Waals surface area contributed by atoms with E-state index < -0.39 is 11.9 Å². The molecule has 1 fully saturated rings. The summed E-state index contributed by atoms with van der Waals surface area (Å²) in [6.45, 7) is 8.36. The fraction of sp³-hybridized carbons (Fsp3) is 0.611. The van der Waals surface area contributed by atoms with Crippen LogP contribution in [-0.4, -0.2) is 11.1 Å². The van der Waals surface area contributed by atoms with Crippen molar-refractivity contribution in [1.29, 1.82) is 0 Å². The molecule has 0 aromatic heterocycles. The van der Waals surface area contributed by atoms with E-state index in [-0.39, 0.29) is 11.3 Å². The Hall–Kier alpha value is -1.51. The van der Waals surface area contributed by atoms with Gasteiger partial charge in [0.25, 0.3) is 0 Å². The molecular formula is C18H27NO2. The smallest absolute Gasteiger partial charge is 0.311 e. The lowest BCUT2D eigenvalue weighted by Crippen LogP contribution is -2.36. The van der Waals surface area contributed by atoms with Crippen LogP contribution in [0.1, 0.15) is 62.1 Å². The van der Waals surface area contributed by atoms with Gasteiger partial charge in [0.2, 0.25) is 0 Å². The van der Waals surface area contributed by atoms with Crippen LogP contribution in [0.25, 0.3) is 0 Å². The van der Waals surface area contributed by atoms with Gasteiger partial charge < -0.3 is 10.8 Å². The third-order valence-corrected chi connectivity index (χ3v) is 5.16. The lowest BCUT2D eigenvalue weighted by atomic mass is 9.62. The van der Waals surface area contributed by atoms with E-state index in [9.17, 15) is 9.90 Å². The average Bonchev–Trinajstić information content (AvgIpc) is 2.36. The molecule has 0 aliphatic heterocycles. The molecule has 2 atom stereocenters. The molecule has 2 unspecified atom stereocenters. The summed E-state index contributed by atoms with van der Waals surface area (Å²) in [7, 11) is 0. The first kappa shape index (κ1) is 15.9. The van der Waals surface area contributed by atoms with E-state index in [1.54, 1.807) is 0 Å². The fourth-order valence-corrected chi connectivity index (χ4v) is 3.93. The summed E-state index contributed by atoms with van der Waals surface area (Å²) in [6.07, 6.45) is 4.36. The topological polar surface area (TPSA) is 63.3 Å². The highest BCUT2D eigenvalue weighted by molar-refractivity contribution is 5.80. The highest BCUT2D eigenvalue weighted by Crippen LogP contribution is 2.49. The molecule has 1 aromatic carbocycles. The second kappa shape index (κ2) is 5.70. The highest BCUT2D eigenvalue weighted by Gasteiger charge is 2.42. The van der Waals surface area contributed by atoms with E-state index >= 15 is 0 Å². The van der Waals surface area contributed by atoms with Gasteiger partial charge in [0.15, 0.2) is 0 Å². The van der Waals surface area contributed by atoms with Gasteiger partial charge in [-0.3, -0.25) is 4.79 Å². The number of nitrogens with two attached hydrogens (primary N) is 1. The Morgan fingerprint density at radius 3 is 2.57 bits per heavy atom. The summed E-state index contributed by atoms with van der Waals surface area (Å²) in [4.78, 5) is 12.0. The molecule has 0 spiro atoms. The molecule has 3 nitrogen and oxygen atoms in total. The molecule has 0 bridgehead atoms. The zero-order valence-corrected chi connectivity index (χ0v) is 13.6. The molecule has 0 saturated heterocycles. The molecule has 1 aliphatic rings. The minimum Gasteiger partial charge on any atom is -0.481 e. The molecule has 0 heterocycles. The van der Waals surface area contributed by atoms with Crippen LogP contribution in [0.15, 0.2) is 12.1 Å². The number of carbonyl (C=O) groups is 1. The predicted molar refractivity (Wildman–Crippen MR) is 86.4 cm³/mol. The van der Waals surface area contributed by atoms with Gasteiger partial charge in [0.1, 0.15) is 0 Å². The first-order valence-electron chi connectivity index (χ1n) is 7.83. The van der Waals surface area contributed by atoms with Gasteiger partial charge in [-0.1, -0.05) is 44.4 Å². The quantitative estimate of drug-likeness (QED) is 0.817. The number of aryl methyl sites for hydroxylation is 2. The van der Waals surface area contributed by atoms with E-state index in [1.165, 1.54) is 6.42 Å². The van der Waals surface area contributed by atoms with Gasteiger partial charge in [-0.15, -0.1) is 0 Å². The van der Waals surface area contributed by atoms with Crippen molar-refractivity contribution in [2.45, 2.75) is 59.3 Å². The van der Waals surface area contributed by atoms with Crippen LogP contribution in [0.3, 0.4) is 0 Å². The van der Waals surface area contributed by atoms with E-state index in [2.05, 4.69) is 13.8 Å². The zero-order valence-electron chi connectivity index (χ0n) is 13.6. The number of nitrogen functional groups attached to an aromatic ring is 1. The Balaban J connectivity index is 2.52. The Kier molecular flexibility index (Phi) is 4.31. The van der Waals surface area contributed by atoms with E-state index in [0.717, 1.165) is 36.0 Å². The predicted octanol–water partition coefficient (Wildman–Crippen LogP) is 4.27. The highest BCUT2D eigenvalue weighted by atomic mass is 16.4. The van der Waals surface area contributed by atoms with Crippen molar-refractivity contribution < 1.29 is 9.90 Å². The van der Waals surface area contributed by atoms with Gasteiger partial charge >= 0.3 is 5.97 Å². The molecule has 0 radical (unpaired) electrons. The number of benzene rings is 1. The second-order valence-corrected chi connectivity index (χ2v) is 7.24. The first-order chi connectivity index (χ1) is 9.74. The SMILES string of the molecule is Cc1cc(C)c(N)c(C(C(=O)O)C2CCCCC2(C)C)c1. The molecule has 0 amide bonds. The Morgan fingerprint density at radius 1 is 1.33 bits per heavy atom. The van der Waals surface area contributed by atoms with Crippen molar-refractivity contribution in [2.75, 3.05) is 5.73 Å². The minimum absolute atomic E-state index is 0.0470. The maximum atomic E-state index is 12.0. The summed E-state index contributed by atoms with van der Waals surface area (Å²) in [5.74, 6) is -1.10. The van der Waals surface area contributed by atoms with Crippen LogP contribution in [0, 0.1) is 25.2 Å². The number of anilines is 1. The molecule has 3 N–H and O–H groups in total. The Bertz CT molecular complexity index is 548. The van der Waals surface area contributed by atoms with Crippen molar-refractivity contribution in [2.24, 2.45) is 11.3 Å².